The Bertz CT molecular complexity index is 1200. The molecule has 0 N–H and O–H groups in total. The maximum absolute atomic E-state index is 12.7. The molecule has 0 bridgehead atoms. The second-order valence-electron chi connectivity index (χ2n) is 6.99. The highest BCUT2D eigenvalue weighted by molar-refractivity contribution is 7.91. The molecule has 6 nitrogen and oxygen atoms in total. The summed E-state index contributed by atoms with van der Waals surface area (Å²) in [6, 6.07) is 5.45. The number of nitrogens with zero attached hydrogens (tertiary/aromatic N) is 3. The van der Waals surface area contributed by atoms with Gasteiger partial charge in [-0.25, -0.2) is 13.4 Å². The number of alkyl halides is 3. The van der Waals surface area contributed by atoms with Crippen molar-refractivity contribution in [3.63, 3.8) is 0 Å². The van der Waals surface area contributed by atoms with Crippen LogP contribution in [-0.4, -0.2) is 35.1 Å². The van der Waals surface area contributed by atoms with E-state index >= 15 is 0 Å². The molecule has 4 rings (SSSR count). The smallest absolute Gasteiger partial charge is 0.406 e. The van der Waals surface area contributed by atoms with Crippen molar-refractivity contribution >= 4 is 20.9 Å². The fraction of sp³-hybridized carbons (Fsp3) is 0.368. The van der Waals surface area contributed by atoms with Crippen molar-refractivity contribution in [2.75, 3.05) is 5.75 Å². The molecule has 1 aliphatic carbocycles. The first-order chi connectivity index (χ1) is 13.6. The fourth-order valence-corrected chi connectivity index (χ4v) is 4.31. The van der Waals surface area contributed by atoms with E-state index in [1.165, 1.54) is 18.2 Å². The molecule has 0 amide bonds. The van der Waals surface area contributed by atoms with Gasteiger partial charge in [-0.3, -0.25) is 4.98 Å². The number of rotatable bonds is 5. The Hall–Kier alpha value is -2.62. The number of sulfone groups is 1. The zero-order valence-corrected chi connectivity index (χ0v) is 16.5. The highest BCUT2D eigenvalue weighted by Crippen LogP contribution is 2.41. The molecule has 3 aromatic rings. The lowest BCUT2D eigenvalue weighted by Gasteiger charge is -2.11. The minimum Gasteiger partial charge on any atom is -0.406 e. The molecule has 2 aromatic heterocycles. The summed E-state index contributed by atoms with van der Waals surface area (Å²) < 4.78 is 68.5. The van der Waals surface area contributed by atoms with Crippen molar-refractivity contribution in [2.24, 2.45) is 7.05 Å². The molecule has 10 heteroatoms. The number of aryl methyl sites for hydroxylation is 1. The number of aromatic nitrogens is 3. The third-order valence-corrected chi connectivity index (χ3v) is 6.68. The van der Waals surface area contributed by atoms with Crippen molar-refractivity contribution in [1.82, 2.24) is 14.5 Å². The van der Waals surface area contributed by atoms with Crippen LogP contribution < -0.4 is 4.74 Å². The molecule has 0 spiro atoms. The summed E-state index contributed by atoms with van der Waals surface area (Å²) in [4.78, 5) is 8.84. The number of imidazole rings is 1. The van der Waals surface area contributed by atoms with E-state index in [1.54, 1.807) is 30.8 Å². The van der Waals surface area contributed by atoms with E-state index in [4.69, 9.17) is 0 Å². The lowest BCUT2D eigenvalue weighted by Crippen LogP contribution is -2.16. The van der Waals surface area contributed by atoms with Gasteiger partial charge in [-0.05, 0) is 42.5 Å². The van der Waals surface area contributed by atoms with E-state index in [-0.39, 0.29) is 27.7 Å². The minimum atomic E-state index is -4.81. The van der Waals surface area contributed by atoms with Crippen molar-refractivity contribution in [3.05, 3.63) is 36.0 Å². The molecule has 1 fully saturated rings. The predicted octanol–water partition coefficient (Wildman–Crippen LogP) is 4.20. The molecule has 1 aromatic carbocycles. The molecular formula is C19H18F3N3O3S. The maximum Gasteiger partial charge on any atom is 0.573 e. The number of fused-ring (bicyclic) bond motifs is 1. The lowest BCUT2D eigenvalue weighted by molar-refractivity contribution is -0.274. The topological polar surface area (TPSA) is 74.1 Å². The van der Waals surface area contributed by atoms with Crippen molar-refractivity contribution < 1.29 is 26.3 Å². The number of hydrogen-bond acceptors (Lipinski definition) is 5. The molecule has 154 valence electrons. The van der Waals surface area contributed by atoms with Gasteiger partial charge in [0.25, 0.3) is 0 Å². The molecule has 0 aliphatic heterocycles. The van der Waals surface area contributed by atoms with E-state index in [2.05, 4.69) is 14.7 Å². The highest BCUT2D eigenvalue weighted by Gasteiger charge is 2.32. The summed E-state index contributed by atoms with van der Waals surface area (Å²) in [6.45, 7) is 1.55. The monoisotopic (exact) mass is 425 g/mol. The first-order valence-corrected chi connectivity index (χ1v) is 10.7. The van der Waals surface area contributed by atoms with Gasteiger partial charge in [0.05, 0.1) is 21.7 Å². The van der Waals surface area contributed by atoms with Crippen LogP contribution in [0.25, 0.3) is 22.6 Å². The van der Waals surface area contributed by atoms with E-state index < -0.39 is 21.9 Å². The average Bonchev–Trinajstić information content (AvgIpc) is 3.45. The van der Waals surface area contributed by atoms with E-state index in [0.717, 1.165) is 18.4 Å². The second-order valence-corrected chi connectivity index (χ2v) is 9.23. The zero-order chi connectivity index (χ0) is 21.0. The van der Waals surface area contributed by atoms with Gasteiger partial charge in [0.2, 0.25) is 0 Å². The maximum atomic E-state index is 12.7. The molecule has 2 heterocycles. The van der Waals surface area contributed by atoms with E-state index in [0.29, 0.717) is 11.4 Å². The molecule has 1 saturated carbocycles. The van der Waals surface area contributed by atoms with Crippen LogP contribution in [0.15, 0.2) is 35.4 Å². The number of benzene rings is 1. The van der Waals surface area contributed by atoms with Gasteiger partial charge in [0.1, 0.15) is 11.4 Å². The Morgan fingerprint density at radius 3 is 2.59 bits per heavy atom. The fourth-order valence-electron chi connectivity index (χ4n) is 3.25. The second kappa shape index (κ2) is 6.72. The number of pyridine rings is 1. The van der Waals surface area contributed by atoms with Gasteiger partial charge in [-0.2, -0.15) is 0 Å². The van der Waals surface area contributed by atoms with Crippen LogP contribution in [0.4, 0.5) is 13.2 Å². The van der Waals surface area contributed by atoms with Crippen molar-refractivity contribution in [3.8, 4) is 17.3 Å². The lowest BCUT2D eigenvalue weighted by atomic mass is 10.2. The van der Waals surface area contributed by atoms with Crippen LogP contribution in [0.5, 0.6) is 5.75 Å². The Morgan fingerprint density at radius 2 is 1.97 bits per heavy atom. The molecule has 29 heavy (non-hydrogen) atoms. The van der Waals surface area contributed by atoms with Gasteiger partial charge in [0.15, 0.2) is 15.7 Å². The van der Waals surface area contributed by atoms with Crippen LogP contribution in [0.2, 0.25) is 0 Å². The largest absolute Gasteiger partial charge is 0.573 e. The number of ether oxygens (including phenoxy) is 1. The Balaban J connectivity index is 1.87. The molecule has 0 radical (unpaired) electrons. The van der Waals surface area contributed by atoms with Crippen LogP contribution in [-0.2, 0) is 16.9 Å². The average molecular weight is 425 g/mol. The summed E-state index contributed by atoms with van der Waals surface area (Å²) in [5.74, 6) is 0.0973. The predicted molar refractivity (Wildman–Crippen MR) is 100 cm³/mol. The third-order valence-electron chi connectivity index (χ3n) is 4.94. The van der Waals surface area contributed by atoms with Gasteiger partial charge < -0.3 is 9.30 Å². The van der Waals surface area contributed by atoms with Gasteiger partial charge in [-0.1, -0.05) is 6.92 Å². The van der Waals surface area contributed by atoms with Crippen LogP contribution in [0, 0.1) is 0 Å². The number of hydrogen-bond donors (Lipinski definition) is 0. The molecule has 1 aliphatic rings. The quantitative estimate of drug-likeness (QED) is 0.612. The summed E-state index contributed by atoms with van der Waals surface area (Å²) in [5, 5.41) is 0. The Labute approximate surface area is 165 Å². The molecule has 0 saturated heterocycles. The van der Waals surface area contributed by atoms with Crippen LogP contribution >= 0.6 is 0 Å². The van der Waals surface area contributed by atoms with Crippen LogP contribution in [0.1, 0.15) is 31.2 Å². The highest BCUT2D eigenvalue weighted by atomic mass is 32.2. The van der Waals surface area contributed by atoms with Crippen molar-refractivity contribution in [1.29, 1.82) is 0 Å². The number of halogens is 3. The third kappa shape index (κ3) is 3.81. The van der Waals surface area contributed by atoms with E-state index in [1.807, 2.05) is 0 Å². The summed E-state index contributed by atoms with van der Waals surface area (Å²) >= 11 is 0. The summed E-state index contributed by atoms with van der Waals surface area (Å²) in [7, 11) is -1.92. The SMILES string of the molecule is CCS(=O)(=O)c1cc(C2CC2)cnc1-c1nc2cc(OC(F)(F)F)ccc2n1C. The van der Waals surface area contributed by atoms with Crippen LogP contribution in [0.3, 0.4) is 0 Å². The standard InChI is InChI=1S/C19H18F3N3O3S/c1-3-29(26,27)16-8-12(11-4-5-11)10-23-17(16)18-24-14-9-13(28-19(20,21)22)6-7-15(14)25(18)2/h6-11H,3-5H2,1-2H3. The Kier molecular flexibility index (Phi) is 4.56. The molecule has 0 atom stereocenters. The van der Waals surface area contributed by atoms with Gasteiger partial charge in [0, 0.05) is 19.3 Å². The first kappa shape index (κ1) is 19.7. The van der Waals surface area contributed by atoms with Gasteiger partial charge in [-0.15, -0.1) is 13.2 Å². The van der Waals surface area contributed by atoms with Gasteiger partial charge >= 0.3 is 6.36 Å². The first-order valence-electron chi connectivity index (χ1n) is 9.04. The Morgan fingerprint density at radius 1 is 1.24 bits per heavy atom. The summed E-state index contributed by atoms with van der Waals surface area (Å²) in [6.07, 6.45) is -1.16. The normalized spacial score (nSPS) is 15.1. The molecule has 0 unspecified atom stereocenters. The van der Waals surface area contributed by atoms with E-state index in [9.17, 15) is 21.6 Å². The molecular weight excluding hydrogens is 407 g/mol. The summed E-state index contributed by atoms with van der Waals surface area (Å²) in [5.41, 5.74) is 1.84. The zero-order valence-electron chi connectivity index (χ0n) is 15.7. The minimum absolute atomic E-state index is 0.0922. The van der Waals surface area contributed by atoms with Crippen molar-refractivity contribution in [2.45, 2.75) is 36.9 Å².